The molecule has 1 aromatic carbocycles. The highest BCUT2D eigenvalue weighted by molar-refractivity contribution is 6.36. The van der Waals surface area contributed by atoms with E-state index in [4.69, 9.17) is 27.9 Å². The van der Waals surface area contributed by atoms with Crippen molar-refractivity contribution in [2.24, 2.45) is 5.92 Å². The molecule has 1 saturated carbocycles. The second-order valence-corrected chi connectivity index (χ2v) is 5.80. The van der Waals surface area contributed by atoms with Crippen molar-refractivity contribution in [1.82, 2.24) is 0 Å². The highest BCUT2D eigenvalue weighted by Gasteiger charge is 2.24. The van der Waals surface area contributed by atoms with Gasteiger partial charge in [0.15, 0.2) is 0 Å². The lowest BCUT2D eigenvalue weighted by Gasteiger charge is -2.28. The summed E-state index contributed by atoms with van der Waals surface area (Å²) >= 11 is 11.8. The number of halogens is 2. The zero-order valence-corrected chi connectivity index (χ0v) is 12.3. The van der Waals surface area contributed by atoms with Crippen LogP contribution in [0.25, 0.3) is 0 Å². The van der Waals surface area contributed by atoms with Crippen LogP contribution in [-0.2, 0) is 4.74 Å². The standard InChI is InChI=1S/C14H17Cl2NO2/c1-9-4-2-3-5-13(9)19-14(18)17-12-7-6-10(15)8-11(12)16/h6-9,13H,2-5H2,1H3,(H,17,18)/t9-,13+/m0/s1. The van der Waals surface area contributed by atoms with E-state index in [0.29, 0.717) is 21.7 Å². The zero-order chi connectivity index (χ0) is 13.8. The molecule has 0 bridgehead atoms. The normalized spacial score (nSPS) is 22.9. The Labute approximate surface area is 123 Å². The van der Waals surface area contributed by atoms with Gasteiger partial charge in [-0.25, -0.2) is 4.79 Å². The molecule has 1 aliphatic carbocycles. The summed E-state index contributed by atoms with van der Waals surface area (Å²) in [5.41, 5.74) is 0.513. The van der Waals surface area contributed by atoms with Crippen LogP contribution in [0.2, 0.25) is 10.0 Å². The summed E-state index contributed by atoms with van der Waals surface area (Å²) in [7, 11) is 0. The number of nitrogens with one attached hydrogen (secondary N) is 1. The highest BCUT2D eigenvalue weighted by Crippen LogP contribution is 2.28. The number of carbonyl (C=O) groups excluding carboxylic acids is 1. The molecular weight excluding hydrogens is 285 g/mol. The third-order valence-corrected chi connectivity index (χ3v) is 4.01. The molecule has 1 fully saturated rings. The molecule has 0 radical (unpaired) electrons. The first-order valence-corrected chi connectivity index (χ1v) is 7.24. The first-order valence-electron chi connectivity index (χ1n) is 6.49. The Morgan fingerprint density at radius 1 is 1.32 bits per heavy atom. The van der Waals surface area contributed by atoms with Crippen molar-refractivity contribution in [3.63, 3.8) is 0 Å². The van der Waals surface area contributed by atoms with Crippen LogP contribution in [0.3, 0.4) is 0 Å². The van der Waals surface area contributed by atoms with Crippen LogP contribution < -0.4 is 5.32 Å². The van der Waals surface area contributed by atoms with Gasteiger partial charge in [-0.1, -0.05) is 36.5 Å². The van der Waals surface area contributed by atoms with Crippen molar-refractivity contribution in [2.75, 3.05) is 5.32 Å². The minimum atomic E-state index is -0.456. The molecule has 3 nitrogen and oxygen atoms in total. The van der Waals surface area contributed by atoms with Crippen LogP contribution in [-0.4, -0.2) is 12.2 Å². The average Bonchev–Trinajstić information content (AvgIpc) is 2.36. The fraction of sp³-hybridized carbons (Fsp3) is 0.500. The van der Waals surface area contributed by atoms with Crippen LogP contribution in [0.15, 0.2) is 18.2 Å². The Hall–Kier alpha value is -0.930. The molecule has 0 spiro atoms. The van der Waals surface area contributed by atoms with E-state index in [1.807, 2.05) is 0 Å². The van der Waals surface area contributed by atoms with Crippen molar-refractivity contribution in [3.05, 3.63) is 28.2 Å². The summed E-state index contributed by atoms with van der Waals surface area (Å²) < 4.78 is 5.45. The molecular formula is C14H17Cl2NO2. The number of carbonyl (C=O) groups is 1. The third-order valence-electron chi connectivity index (χ3n) is 3.46. The lowest BCUT2D eigenvalue weighted by molar-refractivity contribution is 0.0524. The van der Waals surface area contributed by atoms with Crippen LogP contribution in [0.4, 0.5) is 10.5 Å². The Kier molecular flexibility index (Phi) is 4.94. The van der Waals surface area contributed by atoms with Crippen LogP contribution in [0, 0.1) is 5.92 Å². The number of anilines is 1. The number of rotatable bonds is 2. The monoisotopic (exact) mass is 301 g/mol. The van der Waals surface area contributed by atoms with E-state index in [9.17, 15) is 4.79 Å². The number of hydrogen-bond acceptors (Lipinski definition) is 2. The second kappa shape index (κ2) is 6.49. The maximum atomic E-state index is 11.8. The van der Waals surface area contributed by atoms with Crippen molar-refractivity contribution in [1.29, 1.82) is 0 Å². The first-order chi connectivity index (χ1) is 9.06. The van der Waals surface area contributed by atoms with Gasteiger partial charge in [0.1, 0.15) is 6.10 Å². The molecule has 0 saturated heterocycles. The van der Waals surface area contributed by atoms with Crippen molar-refractivity contribution in [2.45, 2.75) is 38.7 Å². The van der Waals surface area contributed by atoms with Crippen molar-refractivity contribution < 1.29 is 9.53 Å². The predicted molar refractivity (Wildman–Crippen MR) is 78.0 cm³/mol. The molecule has 0 aromatic heterocycles. The largest absolute Gasteiger partial charge is 0.446 e. The van der Waals surface area contributed by atoms with E-state index in [0.717, 1.165) is 19.3 Å². The smallest absolute Gasteiger partial charge is 0.411 e. The fourth-order valence-electron chi connectivity index (χ4n) is 2.33. The predicted octanol–water partition coefficient (Wildman–Crippen LogP) is 5.12. The van der Waals surface area contributed by atoms with Crippen molar-refractivity contribution in [3.8, 4) is 0 Å². The Bertz CT molecular complexity index is 465. The quantitative estimate of drug-likeness (QED) is 0.823. The summed E-state index contributed by atoms with van der Waals surface area (Å²) in [6, 6.07) is 4.92. The van der Waals surface area contributed by atoms with E-state index < -0.39 is 6.09 Å². The molecule has 2 atom stereocenters. The Morgan fingerprint density at radius 2 is 2.05 bits per heavy atom. The molecule has 2 rings (SSSR count). The summed E-state index contributed by atoms with van der Waals surface area (Å²) in [5.74, 6) is 0.417. The van der Waals surface area contributed by atoms with E-state index in [-0.39, 0.29) is 6.10 Å². The fourth-order valence-corrected chi connectivity index (χ4v) is 2.78. The molecule has 1 aromatic rings. The van der Waals surface area contributed by atoms with E-state index in [1.54, 1.807) is 18.2 Å². The molecule has 104 valence electrons. The minimum Gasteiger partial charge on any atom is -0.446 e. The average molecular weight is 302 g/mol. The molecule has 5 heteroatoms. The number of ether oxygens (including phenoxy) is 1. The van der Waals surface area contributed by atoms with E-state index >= 15 is 0 Å². The minimum absolute atomic E-state index is 0.000161. The van der Waals surface area contributed by atoms with Crippen LogP contribution in [0.5, 0.6) is 0 Å². The molecule has 1 amide bonds. The van der Waals surface area contributed by atoms with Crippen molar-refractivity contribution >= 4 is 35.0 Å². The third kappa shape index (κ3) is 4.02. The van der Waals surface area contributed by atoms with Crippen LogP contribution >= 0.6 is 23.2 Å². The molecule has 0 unspecified atom stereocenters. The first kappa shape index (κ1) is 14.5. The summed E-state index contributed by atoms with van der Waals surface area (Å²) in [6.45, 7) is 2.12. The van der Waals surface area contributed by atoms with Gasteiger partial charge in [-0.05, 0) is 43.4 Å². The Morgan fingerprint density at radius 3 is 2.74 bits per heavy atom. The summed E-state index contributed by atoms with van der Waals surface area (Å²) in [5, 5.41) is 3.59. The van der Waals surface area contributed by atoms with Gasteiger partial charge in [0.25, 0.3) is 0 Å². The summed E-state index contributed by atoms with van der Waals surface area (Å²) in [6.07, 6.45) is 3.92. The Balaban J connectivity index is 1.93. The van der Waals surface area contributed by atoms with Gasteiger partial charge in [-0.15, -0.1) is 0 Å². The molecule has 1 aliphatic rings. The number of hydrogen-bond donors (Lipinski definition) is 1. The second-order valence-electron chi connectivity index (χ2n) is 4.95. The molecule has 0 heterocycles. The van der Waals surface area contributed by atoms with E-state index in [2.05, 4.69) is 12.2 Å². The maximum Gasteiger partial charge on any atom is 0.411 e. The van der Waals surface area contributed by atoms with Gasteiger partial charge in [-0.2, -0.15) is 0 Å². The lowest BCUT2D eigenvalue weighted by Crippen LogP contribution is -2.30. The molecule has 1 N–H and O–H groups in total. The van der Waals surface area contributed by atoms with Gasteiger partial charge in [-0.3, -0.25) is 5.32 Å². The SMILES string of the molecule is C[C@H]1CCCC[C@H]1OC(=O)Nc1ccc(Cl)cc1Cl. The van der Waals surface area contributed by atoms with Gasteiger partial charge < -0.3 is 4.74 Å². The van der Waals surface area contributed by atoms with Gasteiger partial charge >= 0.3 is 6.09 Å². The zero-order valence-electron chi connectivity index (χ0n) is 10.8. The topological polar surface area (TPSA) is 38.3 Å². The van der Waals surface area contributed by atoms with Crippen LogP contribution in [0.1, 0.15) is 32.6 Å². The summed E-state index contributed by atoms with van der Waals surface area (Å²) in [4.78, 5) is 11.8. The lowest BCUT2D eigenvalue weighted by atomic mass is 9.88. The maximum absolute atomic E-state index is 11.8. The van der Waals surface area contributed by atoms with Gasteiger partial charge in [0, 0.05) is 5.02 Å². The highest BCUT2D eigenvalue weighted by atomic mass is 35.5. The number of amides is 1. The van der Waals surface area contributed by atoms with Gasteiger partial charge in [0.2, 0.25) is 0 Å². The van der Waals surface area contributed by atoms with E-state index in [1.165, 1.54) is 6.42 Å². The molecule has 19 heavy (non-hydrogen) atoms. The number of benzene rings is 1. The van der Waals surface area contributed by atoms with Gasteiger partial charge in [0.05, 0.1) is 10.7 Å². The molecule has 0 aliphatic heterocycles.